The lowest BCUT2D eigenvalue weighted by Crippen LogP contribution is -2.54. The molecule has 0 radical (unpaired) electrons. The predicted molar refractivity (Wildman–Crippen MR) is 501 cm³/mol. The van der Waals surface area contributed by atoms with Crippen LogP contribution < -0.4 is 40.0 Å². The molecule has 2 N–H and O–H groups in total. The van der Waals surface area contributed by atoms with Gasteiger partial charge in [-0.05, 0) is 277 Å². The Hall–Kier alpha value is -7.90. The van der Waals surface area contributed by atoms with Crippen LogP contribution in [0.25, 0.3) is 0 Å². The molecule has 9 aliphatic heterocycles. The van der Waals surface area contributed by atoms with Gasteiger partial charge in [-0.1, -0.05) is 155 Å². The van der Waals surface area contributed by atoms with Crippen molar-refractivity contribution >= 4 is 34.4 Å². The lowest BCUT2D eigenvalue weighted by molar-refractivity contribution is 0.133. The Morgan fingerprint density at radius 3 is 1.03 bits per heavy atom. The van der Waals surface area contributed by atoms with Crippen LogP contribution in [0.5, 0.6) is 0 Å². The van der Waals surface area contributed by atoms with E-state index in [0.29, 0.717) is 6.04 Å². The minimum Gasteiger partial charge on any atom is -0.370 e. The van der Waals surface area contributed by atoms with E-state index in [4.69, 9.17) is 0 Å². The molecule has 10 heterocycles. The first-order valence-corrected chi connectivity index (χ1v) is 45.2. The van der Waals surface area contributed by atoms with Crippen LogP contribution in [-0.4, -0.2) is 262 Å². The quantitative estimate of drug-likeness (QED) is 0.144. The number of benzene rings is 7. The average Bonchev–Trinajstić information content (AvgIpc) is 1.62. The second kappa shape index (κ2) is 47.2. The largest absolute Gasteiger partial charge is 0.370 e. The summed E-state index contributed by atoms with van der Waals surface area (Å²) in [5, 5.41) is 6.77. The molecule has 16 heteroatoms. The standard InChI is InChI=1S/C15H22N2.C15H21N.C13H20N2.C13H19N.2C12H18N2.C11H16N2.C10H16N4/c1-13-5-7-14(8-6-13)17-11-10-16-9-3-2-4-15(16)12-17;1-12-2-4-13(5-3-12)14-8-10-16(11-9-14)15-6-7-15;1-11-4-6-13(7-5-11)15-9-8-14(3)12(2)10-15;1-11-3-5-12(6-4-11)13-7-9-14(2)10-8-13;1-11-3-5-12(6-4-11)14-9-7-13(2)8-10-14;1-11-3-5-12(6-4-11)14-9-2-7-13-8-10-14;1-10-2-4-11(5-3-10)13-8-6-12-7-9-13;1-9-7-11-10(12-8-9)14-5-3-13(2)4-6-14/h5-8,15H,2-4,9-12H2,1H3;2-5,14-15H,6-11H2,1H3;4-7,12H,8-10H2,1-3H3;3-6,13H,7-10H2,1-2H3;3-6H,7-10H2,1-2H3;3-6,13H,2,7-10H2,1H3;2-5,12H,6-9H2,1H3;7-8H,3-6H2,1-2H3. The normalized spacial score (nSPS) is 20.8. The number of piperazine rings is 5. The molecule has 2 unspecified atom stereocenters. The third-order valence-electron chi connectivity index (χ3n) is 25.7. The Morgan fingerprint density at radius 1 is 0.265 bits per heavy atom. The smallest absolute Gasteiger partial charge is 0.225 e. The highest BCUT2D eigenvalue weighted by Gasteiger charge is 2.33. The van der Waals surface area contributed by atoms with Gasteiger partial charge in [-0.3, -0.25) is 4.90 Å². The van der Waals surface area contributed by atoms with E-state index < -0.39 is 0 Å². The summed E-state index contributed by atoms with van der Waals surface area (Å²) in [7, 11) is 8.75. The van der Waals surface area contributed by atoms with Crippen molar-refractivity contribution in [2.45, 2.75) is 156 Å². The molecule has 634 valence electrons. The maximum Gasteiger partial charge on any atom is 0.225 e. The van der Waals surface area contributed by atoms with E-state index in [1.807, 2.05) is 19.3 Å². The maximum absolute atomic E-state index is 4.32. The Balaban J connectivity index is 0.000000131. The number of aryl methyl sites for hydroxylation is 8. The van der Waals surface area contributed by atoms with Gasteiger partial charge in [0.15, 0.2) is 0 Å². The van der Waals surface area contributed by atoms with Crippen LogP contribution in [0.3, 0.4) is 0 Å². The van der Waals surface area contributed by atoms with Crippen LogP contribution in [0.2, 0.25) is 0 Å². The van der Waals surface area contributed by atoms with E-state index >= 15 is 0 Å². The second-order valence-electron chi connectivity index (χ2n) is 35.5. The molecule has 10 fully saturated rings. The molecule has 117 heavy (non-hydrogen) atoms. The zero-order valence-corrected chi connectivity index (χ0v) is 74.6. The van der Waals surface area contributed by atoms with Gasteiger partial charge in [0.1, 0.15) is 0 Å². The van der Waals surface area contributed by atoms with E-state index in [-0.39, 0.29) is 0 Å². The molecule has 7 aromatic carbocycles. The van der Waals surface area contributed by atoms with E-state index in [2.05, 4.69) is 333 Å². The van der Waals surface area contributed by atoms with Crippen molar-refractivity contribution in [2.75, 3.05) is 234 Å². The Bertz CT molecular complexity index is 3850. The van der Waals surface area contributed by atoms with Crippen molar-refractivity contribution in [3.05, 3.63) is 238 Å². The minimum absolute atomic E-state index is 0.653. The number of hydrogen-bond donors (Lipinski definition) is 2. The molecular weight excluding hydrogens is 1440 g/mol. The van der Waals surface area contributed by atoms with Gasteiger partial charge in [-0.15, -0.1) is 0 Å². The van der Waals surface area contributed by atoms with Crippen LogP contribution >= 0.6 is 0 Å². The zero-order chi connectivity index (χ0) is 82.3. The third-order valence-corrected chi connectivity index (χ3v) is 25.7. The number of hydrogen-bond acceptors (Lipinski definition) is 16. The molecule has 0 amide bonds. The van der Waals surface area contributed by atoms with Gasteiger partial charge in [0.25, 0.3) is 0 Å². The van der Waals surface area contributed by atoms with Gasteiger partial charge in [0.05, 0.1) is 0 Å². The summed E-state index contributed by atoms with van der Waals surface area (Å²) in [5.74, 6) is 2.48. The first-order valence-electron chi connectivity index (χ1n) is 45.2. The predicted octanol–water partition coefficient (Wildman–Crippen LogP) is 16.4. The molecular formula is C101H150N16. The molecule has 1 aliphatic carbocycles. The summed E-state index contributed by atoms with van der Waals surface area (Å²) >= 11 is 0. The molecule has 10 aliphatic rings. The number of likely N-dealkylation sites (tertiary alicyclic amines) is 2. The highest BCUT2D eigenvalue weighted by Crippen LogP contribution is 2.35. The third kappa shape index (κ3) is 30.1. The molecule has 16 nitrogen and oxygen atoms in total. The van der Waals surface area contributed by atoms with Gasteiger partial charge in [-0.2, -0.15) is 0 Å². The first-order chi connectivity index (χ1) is 56.8. The molecule has 0 bridgehead atoms. The SMILES string of the molecule is Cc1ccc(C2CCN(C)CC2)cc1.Cc1ccc(C2CCN(C3CC3)CC2)cc1.Cc1ccc(N2CCCNCC2)cc1.Cc1ccc(N2CCN(C)C(C)C2)cc1.Cc1ccc(N2CCN(C)CC2)cc1.Cc1ccc(N2CCN3CCCCC3C2)cc1.Cc1ccc(N2CCNCC2)cc1.Cc1cnc(N2CCN(C)CC2)nc1. The van der Waals surface area contributed by atoms with Crippen molar-refractivity contribution in [3.8, 4) is 0 Å². The summed E-state index contributed by atoms with van der Waals surface area (Å²) in [5.41, 5.74) is 20.5. The second-order valence-corrected chi connectivity index (χ2v) is 35.5. The van der Waals surface area contributed by atoms with Crippen LogP contribution in [0.1, 0.15) is 139 Å². The monoisotopic (exact) mass is 1590 g/mol. The summed E-state index contributed by atoms with van der Waals surface area (Å²) in [6.07, 6.45) is 17.5. The zero-order valence-electron chi connectivity index (χ0n) is 74.6. The van der Waals surface area contributed by atoms with Crippen LogP contribution in [-0.2, 0) is 0 Å². The van der Waals surface area contributed by atoms with E-state index in [0.717, 1.165) is 140 Å². The maximum atomic E-state index is 4.32. The summed E-state index contributed by atoms with van der Waals surface area (Å²) in [6, 6.07) is 64.9. The van der Waals surface area contributed by atoms with Crippen molar-refractivity contribution in [1.82, 2.24) is 50.0 Å². The van der Waals surface area contributed by atoms with Crippen LogP contribution in [0.4, 0.5) is 34.4 Å². The van der Waals surface area contributed by atoms with Gasteiger partial charge < -0.3 is 64.5 Å². The van der Waals surface area contributed by atoms with Gasteiger partial charge in [0.2, 0.25) is 5.95 Å². The first kappa shape index (κ1) is 89.9. The number of piperidine rings is 3. The van der Waals surface area contributed by atoms with E-state index in [9.17, 15) is 0 Å². The number of nitrogens with one attached hydrogen (secondary N) is 2. The molecule has 8 aromatic rings. The van der Waals surface area contributed by atoms with Gasteiger partial charge in [-0.25, -0.2) is 9.97 Å². The topological polar surface area (TPSA) is 88.7 Å². The van der Waals surface area contributed by atoms with Crippen molar-refractivity contribution in [2.24, 2.45) is 0 Å². The number of aromatic nitrogens is 2. The number of fused-ring (bicyclic) bond motifs is 1. The molecule has 18 rings (SSSR count). The molecule has 2 atom stereocenters. The van der Waals surface area contributed by atoms with Crippen molar-refractivity contribution in [1.29, 1.82) is 0 Å². The lowest BCUT2D eigenvalue weighted by Gasteiger charge is -2.45. The summed E-state index contributed by atoms with van der Waals surface area (Å²) in [4.78, 5) is 38.2. The Morgan fingerprint density at radius 2 is 0.607 bits per heavy atom. The molecule has 0 spiro atoms. The Labute approximate surface area is 709 Å². The van der Waals surface area contributed by atoms with Crippen LogP contribution in [0, 0.1) is 55.4 Å². The fourth-order valence-electron chi connectivity index (χ4n) is 17.2. The Kier molecular flexibility index (Phi) is 36.2. The van der Waals surface area contributed by atoms with E-state index in [1.54, 1.807) is 5.56 Å². The van der Waals surface area contributed by atoms with Crippen LogP contribution in [0.15, 0.2) is 182 Å². The molecule has 1 saturated carbocycles. The number of anilines is 6. The van der Waals surface area contributed by atoms with Crippen molar-refractivity contribution < 1.29 is 0 Å². The summed E-state index contributed by atoms with van der Waals surface area (Å²) in [6.45, 7) is 50.8. The highest BCUT2D eigenvalue weighted by atomic mass is 15.3. The number of nitrogens with zero attached hydrogens (tertiary/aromatic N) is 14. The number of rotatable bonds is 9. The highest BCUT2D eigenvalue weighted by molar-refractivity contribution is 5.52. The molecule has 9 saturated heterocycles. The van der Waals surface area contributed by atoms with Crippen molar-refractivity contribution in [3.63, 3.8) is 0 Å². The fourth-order valence-corrected chi connectivity index (χ4v) is 17.2. The average molecular weight is 1590 g/mol. The number of likely N-dealkylation sites (N-methyl/N-ethyl adjacent to an activating group) is 3. The van der Waals surface area contributed by atoms with Gasteiger partial charge in [0, 0.05) is 196 Å². The van der Waals surface area contributed by atoms with Gasteiger partial charge >= 0.3 is 0 Å². The minimum atomic E-state index is 0.653. The fraction of sp³-hybridized carbons (Fsp3) is 0.545. The van der Waals surface area contributed by atoms with E-state index in [1.165, 1.54) is 209 Å². The summed E-state index contributed by atoms with van der Waals surface area (Å²) < 4.78 is 0. The molecule has 1 aromatic heterocycles. The lowest BCUT2D eigenvalue weighted by atomic mass is 9.89.